The van der Waals surface area contributed by atoms with Crippen molar-refractivity contribution in [2.75, 3.05) is 32.8 Å². The third kappa shape index (κ3) is 3.03. The molecule has 0 radical (unpaired) electrons. The molecule has 0 aromatic rings. The van der Waals surface area contributed by atoms with Gasteiger partial charge < -0.3 is 15.2 Å². The zero-order valence-electron chi connectivity index (χ0n) is 13.7. The number of nitrogens with two attached hydrogens (primary N) is 1. The second kappa shape index (κ2) is 6.30. The van der Waals surface area contributed by atoms with Crippen LogP contribution >= 0.6 is 0 Å². The molecule has 4 heteroatoms. The summed E-state index contributed by atoms with van der Waals surface area (Å²) in [5.74, 6) is 0. The van der Waals surface area contributed by atoms with Gasteiger partial charge in [-0.2, -0.15) is 0 Å². The lowest BCUT2D eigenvalue weighted by Gasteiger charge is -2.60. The van der Waals surface area contributed by atoms with Gasteiger partial charge in [0, 0.05) is 37.3 Å². The molecule has 1 aliphatic heterocycles. The molecule has 2 aliphatic rings. The van der Waals surface area contributed by atoms with E-state index in [1.807, 2.05) is 0 Å². The second-order valence-electron chi connectivity index (χ2n) is 6.99. The van der Waals surface area contributed by atoms with Crippen molar-refractivity contribution >= 4 is 0 Å². The average Bonchev–Trinajstić information content (AvgIpc) is 2.90. The van der Waals surface area contributed by atoms with Gasteiger partial charge >= 0.3 is 0 Å². The fourth-order valence-corrected chi connectivity index (χ4v) is 3.56. The Hall–Kier alpha value is -0.160. The summed E-state index contributed by atoms with van der Waals surface area (Å²) in [6, 6.07) is 0. The molecule has 0 aromatic carbocycles. The van der Waals surface area contributed by atoms with Crippen molar-refractivity contribution in [3.8, 4) is 0 Å². The molecule has 20 heavy (non-hydrogen) atoms. The quantitative estimate of drug-likeness (QED) is 0.777. The second-order valence-corrected chi connectivity index (χ2v) is 6.99. The molecule has 0 amide bonds. The molecular weight excluding hydrogens is 252 g/mol. The van der Waals surface area contributed by atoms with Crippen LogP contribution < -0.4 is 5.73 Å². The first-order valence-corrected chi connectivity index (χ1v) is 8.17. The van der Waals surface area contributed by atoms with E-state index in [0.717, 1.165) is 39.3 Å². The Morgan fingerprint density at radius 2 is 2.10 bits per heavy atom. The van der Waals surface area contributed by atoms with Gasteiger partial charge in [0.1, 0.15) is 0 Å². The summed E-state index contributed by atoms with van der Waals surface area (Å²) < 4.78 is 11.6. The minimum atomic E-state index is -0.137. The topological polar surface area (TPSA) is 47.7 Å². The number of rotatable bonds is 7. The van der Waals surface area contributed by atoms with Gasteiger partial charge in [-0.05, 0) is 32.7 Å². The highest BCUT2D eigenvalue weighted by Gasteiger charge is 2.58. The van der Waals surface area contributed by atoms with Crippen LogP contribution in [0.3, 0.4) is 0 Å². The van der Waals surface area contributed by atoms with E-state index < -0.39 is 0 Å². The average molecular weight is 284 g/mol. The van der Waals surface area contributed by atoms with Crippen LogP contribution in [0.15, 0.2) is 0 Å². The third-order valence-electron chi connectivity index (χ3n) is 5.44. The lowest BCUT2D eigenvalue weighted by molar-refractivity contribution is -0.157. The van der Waals surface area contributed by atoms with E-state index >= 15 is 0 Å². The lowest BCUT2D eigenvalue weighted by atomic mass is 9.54. The number of likely N-dealkylation sites (N-methyl/N-ethyl adjacent to an activating group) is 1. The van der Waals surface area contributed by atoms with E-state index in [4.69, 9.17) is 15.2 Å². The molecule has 1 heterocycles. The number of nitrogens with zero attached hydrogens (tertiary/aromatic N) is 1. The smallest absolute Gasteiger partial charge is 0.0702 e. The number of hydrogen-bond acceptors (Lipinski definition) is 4. The molecular formula is C16H32N2O2. The van der Waals surface area contributed by atoms with Gasteiger partial charge in [-0.1, -0.05) is 20.8 Å². The Kier molecular flexibility index (Phi) is 5.11. The van der Waals surface area contributed by atoms with Crippen LogP contribution in [0.1, 0.15) is 47.0 Å². The molecule has 4 nitrogen and oxygen atoms in total. The Balaban J connectivity index is 1.90. The van der Waals surface area contributed by atoms with Crippen molar-refractivity contribution in [2.45, 2.75) is 64.7 Å². The Labute approximate surface area is 124 Å². The minimum absolute atomic E-state index is 0.0486. The van der Waals surface area contributed by atoms with Crippen molar-refractivity contribution in [3.63, 3.8) is 0 Å². The van der Waals surface area contributed by atoms with Gasteiger partial charge in [-0.15, -0.1) is 0 Å². The standard InChI is InChI=1S/C16H32N2O2/c1-5-18(11-13-8-7-9-20-13)12-16(17)10-14(19-6-2)15(16,3)4/h13-14H,5-12,17H2,1-4H3. The zero-order chi connectivity index (χ0) is 14.8. The molecule has 1 saturated heterocycles. The van der Waals surface area contributed by atoms with Crippen molar-refractivity contribution in [2.24, 2.45) is 11.1 Å². The van der Waals surface area contributed by atoms with Gasteiger partial charge in [0.05, 0.1) is 12.2 Å². The van der Waals surface area contributed by atoms with E-state index in [1.54, 1.807) is 0 Å². The molecule has 1 aliphatic carbocycles. The summed E-state index contributed by atoms with van der Waals surface area (Å²) >= 11 is 0. The van der Waals surface area contributed by atoms with E-state index in [0.29, 0.717) is 12.2 Å². The Morgan fingerprint density at radius 3 is 2.60 bits per heavy atom. The van der Waals surface area contributed by atoms with E-state index in [1.165, 1.54) is 12.8 Å². The first kappa shape index (κ1) is 16.2. The van der Waals surface area contributed by atoms with Gasteiger partial charge in [0.15, 0.2) is 0 Å². The predicted octanol–water partition coefficient (Wildman–Crippen LogP) is 2.02. The molecule has 1 saturated carbocycles. The van der Waals surface area contributed by atoms with Gasteiger partial charge in [0.2, 0.25) is 0 Å². The summed E-state index contributed by atoms with van der Waals surface area (Å²) in [6.45, 7) is 13.5. The van der Waals surface area contributed by atoms with Gasteiger partial charge in [-0.3, -0.25) is 4.90 Å². The molecule has 0 aromatic heterocycles. The summed E-state index contributed by atoms with van der Waals surface area (Å²) in [5.41, 5.74) is 6.60. The first-order chi connectivity index (χ1) is 9.43. The normalized spacial score (nSPS) is 36.3. The van der Waals surface area contributed by atoms with Crippen molar-refractivity contribution in [1.29, 1.82) is 0 Å². The van der Waals surface area contributed by atoms with Crippen LogP contribution in [0.2, 0.25) is 0 Å². The van der Waals surface area contributed by atoms with E-state index in [-0.39, 0.29) is 11.0 Å². The summed E-state index contributed by atoms with van der Waals surface area (Å²) in [4.78, 5) is 2.46. The minimum Gasteiger partial charge on any atom is -0.378 e. The Morgan fingerprint density at radius 1 is 1.35 bits per heavy atom. The molecule has 2 rings (SSSR count). The highest BCUT2D eigenvalue weighted by Crippen LogP contribution is 2.50. The number of ether oxygens (including phenoxy) is 2. The van der Waals surface area contributed by atoms with Crippen molar-refractivity contribution in [3.05, 3.63) is 0 Å². The van der Waals surface area contributed by atoms with Crippen molar-refractivity contribution in [1.82, 2.24) is 4.90 Å². The molecule has 2 N–H and O–H groups in total. The van der Waals surface area contributed by atoms with E-state index in [9.17, 15) is 0 Å². The van der Waals surface area contributed by atoms with Crippen LogP contribution in [-0.4, -0.2) is 55.5 Å². The highest BCUT2D eigenvalue weighted by atomic mass is 16.5. The SMILES string of the molecule is CCOC1CC(N)(CN(CC)CC2CCCO2)C1(C)C. The fourth-order valence-electron chi connectivity index (χ4n) is 3.56. The van der Waals surface area contributed by atoms with Crippen LogP contribution in [0.5, 0.6) is 0 Å². The maximum Gasteiger partial charge on any atom is 0.0702 e. The lowest BCUT2D eigenvalue weighted by Crippen LogP contribution is -2.73. The molecule has 118 valence electrons. The highest BCUT2D eigenvalue weighted by molar-refractivity contribution is 5.14. The van der Waals surface area contributed by atoms with E-state index in [2.05, 4.69) is 32.6 Å². The summed E-state index contributed by atoms with van der Waals surface area (Å²) in [6.07, 6.45) is 4.08. The molecule has 0 bridgehead atoms. The van der Waals surface area contributed by atoms with Crippen LogP contribution in [0.25, 0.3) is 0 Å². The fraction of sp³-hybridized carbons (Fsp3) is 1.00. The largest absolute Gasteiger partial charge is 0.378 e. The third-order valence-corrected chi connectivity index (χ3v) is 5.44. The van der Waals surface area contributed by atoms with Crippen LogP contribution in [0.4, 0.5) is 0 Å². The maximum atomic E-state index is 6.69. The monoisotopic (exact) mass is 284 g/mol. The van der Waals surface area contributed by atoms with Crippen LogP contribution in [-0.2, 0) is 9.47 Å². The Bertz CT molecular complexity index is 316. The molecule has 2 fully saturated rings. The van der Waals surface area contributed by atoms with Gasteiger partial charge in [-0.25, -0.2) is 0 Å². The van der Waals surface area contributed by atoms with Crippen LogP contribution in [0, 0.1) is 5.41 Å². The number of hydrogen-bond donors (Lipinski definition) is 1. The zero-order valence-corrected chi connectivity index (χ0v) is 13.7. The summed E-state index contributed by atoms with van der Waals surface area (Å²) in [7, 11) is 0. The molecule has 0 spiro atoms. The predicted molar refractivity (Wildman–Crippen MR) is 81.8 cm³/mol. The van der Waals surface area contributed by atoms with Crippen molar-refractivity contribution < 1.29 is 9.47 Å². The first-order valence-electron chi connectivity index (χ1n) is 8.17. The maximum absolute atomic E-state index is 6.69. The summed E-state index contributed by atoms with van der Waals surface area (Å²) in [5, 5.41) is 0. The molecule has 3 unspecified atom stereocenters. The van der Waals surface area contributed by atoms with Gasteiger partial charge in [0.25, 0.3) is 0 Å². The molecule has 3 atom stereocenters.